The van der Waals surface area contributed by atoms with E-state index in [9.17, 15) is 34.2 Å². The predicted octanol–water partition coefficient (Wildman–Crippen LogP) is 7.02. The SMILES string of the molecule is C[C@H](CC(=O)N1CCC(O)(Cn2cnc3c(-c4ccc(CNCCCNC(=O)CCCCCCCC(=O)NCCn5ccc(-c6cc(Cl)c(Cl)c7[nH]c8c(c67)CN(C(=O)CO)CC8)n5)cc4)n(C)nc3c2=O)CC1)c1ccccc1. The molecule has 19 nitrogen and oxygen atoms in total. The molecule has 6 N–H and O–H groups in total. The first-order valence-electron chi connectivity index (χ1n) is 27.9. The molecule has 0 aliphatic carbocycles. The molecule has 4 aromatic heterocycles. The third-order valence-electron chi connectivity index (χ3n) is 15.6. The Hall–Kier alpha value is -6.90. The Balaban J connectivity index is 0.615. The van der Waals surface area contributed by atoms with E-state index in [-0.39, 0.29) is 47.2 Å². The van der Waals surface area contributed by atoms with Crippen molar-refractivity contribution in [1.29, 1.82) is 0 Å². The van der Waals surface area contributed by atoms with Crippen LogP contribution in [0, 0.1) is 0 Å². The molecule has 424 valence electrons. The van der Waals surface area contributed by atoms with Gasteiger partial charge in [0, 0.05) is 113 Å². The fourth-order valence-corrected chi connectivity index (χ4v) is 11.4. The number of aryl methyl sites for hydroxylation is 1. The Morgan fingerprint density at radius 1 is 0.825 bits per heavy atom. The number of amides is 4. The fourth-order valence-electron chi connectivity index (χ4n) is 11.0. The number of piperidine rings is 1. The molecule has 2 aliphatic heterocycles. The number of benzene rings is 3. The minimum absolute atomic E-state index is 0.0119. The molecule has 0 saturated carbocycles. The summed E-state index contributed by atoms with van der Waals surface area (Å²) in [5.74, 6) is -0.132. The normalized spacial score (nSPS) is 14.6. The number of H-pyrrole nitrogens is 1. The maximum atomic E-state index is 13.7. The number of hydrogen-bond acceptors (Lipinski definition) is 11. The molecule has 9 rings (SSSR count). The second-order valence-corrected chi connectivity index (χ2v) is 22.2. The average molecular weight is 1130 g/mol. The van der Waals surface area contributed by atoms with E-state index < -0.39 is 12.2 Å². The van der Waals surface area contributed by atoms with Gasteiger partial charge in [0.1, 0.15) is 12.1 Å². The van der Waals surface area contributed by atoms with Gasteiger partial charge in [-0.25, -0.2) is 4.98 Å². The van der Waals surface area contributed by atoms with Crippen LogP contribution in [-0.4, -0.2) is 129 Å². The summed E-state index contributed by atoms with van der Waals surface area (Å²) in [5, 5.41) is 41.4. The van der Waals surface area contributed by atoms with E-state index in [0.717, 1.165) is 89.7 Å². The average Bonchev–Trinajstić information content (AvgIpc) is 4.27. The third kappa shape index (κ3) is 14.0. The van der Waals surface area contributed by atoms with Crippen LogP contribution in [0.5, 0.6) is 0 Å². The molecule has 6 heterocycles. The number of aliphatic hydroxyl groups is 2. The summed E-state index contributed by atoms with van der Waals surface area (Å²) in [5.41, 5.74) is 7.13. The van der Waals surface area contributed by atoms with Crippen molar-refractivity contribution in [3.05, 3.63) is 122 Å². The Morgan fingerprint density at radius 2 is 1.54 bits per heavy atom. The van der Waals surface area contributed by atoms with Gasteiger partial charge in [-0.05, 0) is 67.8 Å². The molecule has 7 aromatic rings. The van der Waals surface area contributed by atoms with Crippen LogP contribution >= 0.6 is 23.2 Å². The predicted molar refractivity (Wildman–Crippen MR) is 309 cm³/mol. The molecule has 0 bridgehead atoms. The number of hydrogen-bond donors (Lipinski definition) is 6. The molecule has 1 saturated heterocycles. The topological polar surface area (TPSA) is 238 Å². The maximum Gasteiger partial charge on any atom is 0.281 e. The zero-order valence-corrected chi connectivity index (χ0v) is 47.1. The highest BCUT2D eigenvalue weighted by molar-refractivity contribution is 6.45. The van der Waals surface area contributed by atoms with Gasteiger partial charge < -0.3 is 40.9 Å². The number of unbranched alkanes of at least 4 members (excludes halogenated alkanes) is 4. The van der Waals surface area contributed by atoms with Crippen LogP contribution in [0.25, 0.3) is 44.5 Å². The lowest BCUT2D eigenvalue weighted by molar-refractivity contribution is -0.136. The Bertz CT molecular complexity index is 3360. The molecule has 4 amide bonds. The number of halogens is 2. The highest BCUT2D eigenvalue weighted by Crippen LogP contribution is 2.42. The van der Waals surface area contributed by atoms with Crippen LogP contribution in [0.15, 0.2) is 84.0 Å². The summed E-state index contributed by atoms with van der Waals surface area (Å²) in [6, 6.07) is 21.7. The standard InChI is InChI=1S/C59H72Cl2N12O7/c1-39(41-12-7-6-8-13-41)32-50(77)70-29-22-59(80,23-30-70)37-72-38-65-55-56(58(72)79)68-69(2)57(55)42-18-16-40(17-19-42)34-62-24-11-25-63-48(75)14-9-4-3-5-10-15-49(76)64-26-31-73-28-21-47(67-73)43-33-45(60)53(61)54-52(43)44-35-71(51(78)36-74)27-20-46(44)66-54/h6-8,12-13,16-19,21,28,33,38-39,62,66,74,80H,3-5,9-11,14-15,20,22-27,29-32,34-37H2,1-2H3,(H,63,75)(H,64,76)/t39-/m1/s1. The monoisotopic (exact) mass is 1130 g/mol. The minimum Gasteiger partial charge on any atom is -0.388 e. The summed E-state index contributed by atoms with van der Waals surface area (Å²) >= 11 is 13.2. The highest BCUT2D eigenvalue weighted by atomic mass is 35.5. The molecule has 0 radical (unpaired) electrons. The van der Waals surface area contributed by atoms with Crippen molar-refractivity contribution in [2.45, 2.75) is 122 Å². The summed E-state index contributed by atoms with van der Waals surface area (Å²) in [7, 11) is 1.79. The molecular weight excluding hydrogens is 1060 g/mol. The van der Waals surface area contributed by atoms with E-state index >= 15 is 0 Å². The number of carbonyl (C=O) groups is 4. The van der Waals surface area contributed by atoms with Crippen LogP contribution in [0.3, 0.4) is 0 Å². The van der Waals surface area contributed by atoms with E-state index in [0.29, 0.717) is 118 Å². The van der Waals surface area contributed by atoms with Gasteiger partial charge in [0.05, 0.1) is 52.0 Å². The van der Waals surface area contributed by atoms with Crippen molar-refractivity contribution in [2.75, 3.05) is 45.9 Å². The van der Waals surface area contributed by atoms with Crippen LogP contribution < -0.4 is 21.5 Å². The van der Waals surface area contributed by atoms with Gasteiger partial charge in [0.25, 0.3) is 5.56 Å². The van der Waals surface area contributed by atoms with Crippen molar-refractivity contribution in [1.82, 2.24) is 59.8 Å². The summed E-state index contributed by atoms with van der Waals surface area (Å²) < 4.78 is 4.88. The first kappa shape index (κ1) is 57.8. The number of likely N-dealkylation sites (tertiary alicyclic amines) is 1. The number of aliphatic hydroxyl groups excluding tert-OH is 1. The lowest BCUT2D eigenvalue weighted by atomic mass is 9.90. The largest absolute Gasteiger partial charge is 0.388 e. The number of aromatic amines is 1. The molecule has 3 aromatic carbocycles. The van der Waals surface area contributed by atoms with E-state index in [1.54, 1.807) is 27.4 Å². The van der Waals surface area contributed by atoms with Crippen LogP contribution in [0.2, 0.25) is 10.0 Å². The fraction of sp³-hybridized carbons (Fsp3) is 0.458. The number of rotatable bonds is 25. The van der Waals surface area contributed by atoms with Gasteiger partial charge in [-0.15, -0.1) is 0 Å². The quantitative estimate of drug-likeness (QED) is 0.0318. The van der Waals surface area contributed by atoms with Crippen molar-refractivity contribution >= 4 is 68.8 Å². The number of nitrogens with one attached hydrogen (secondary N) is 4. The van der Waals surface area contributed by atoms with Gasteiger partial charge in [0.15, 0.2) is 5.52 Å². The summed E-state index contributed by atoms with van der Waals surface area (Å²) in [4.78, 5) is 75.8. The molecule has 80 heavy (non-hydrogen) atoms. The van der Waals surface area contributed by atoms with E-state index in [4.69, 9.17) is 28.3 Å². The van der Waals surface area contributed by atoms with Crippen molar-refractivity contribution < 1.29 is 29.4 Å². The Labute approximate surface area is 475 Å². The zero-order chi connectivity index (χ0) is 56.3. The van der Waals surface area contributed by atoms with E-state index in [1.807, 2.05) is 71.8 Å². The van der Waals surface area contributed by atoms with Gasteiger partial charge in [-0.2, -0.15) is 10.2 Å². The second kappa shape index (κ2) is 26.6. The lowest BCUT2D eigenvalue weighted by Gasteiger charge is -2.38. The van der Waals surface area contributed by atoms with Crippen LogP contribution in [0.4, 0.5) is 0 Å². The number of nitrogens with zero attached hydrogens (tertiary/aromatic N) is 8. The van der Waals surface area contributed by atoms with Crippen molar-refractivity contribution in [3.63, 3.8) is 0 Å². The molecule has 0 spiro atoms. The maximum absolute atomic E-state index is 13.7. The number of aromatic nitrogens is 7. The second-order valence-electron chi connectivity index (χ2n) is 21.4. The smallest absolute Gasteiger partial charge is 0.281 e. The Morgan fingerprint density at radius 3 is 2.26 bits per heavy atom. The first-order valence-corrected chi connectivity index (χ1v) is 28.7. The summed E-state index contributed by atoms with van der Waals surface area (Å²) in [6.07, 6.45) is 11.1. The molecule has 0 unspecified atom stereocenters. The van der Waals surface area contributed by atoms with Gasteiger partial charge in [-0.3, -0.25) is 37.9 Å². The van der Waals surface area contributed by atoms with Gasteiger partial charge in [-0.1, -0.05) is 104 Å². The summed E-state index contributed by atoms with van der Waals surface area (Å²) in [6.45, 7) is 6.12. The zero-order valence-electron chi connectivity index (χ0n) is 45.6. The Kier molecular flexibility index (Phi) is 19.2. The van der Waals surface area contributed by atoms with E-state index in [2.05, 4.69) is 37.9 Å². The molecular formula is C59H72Cl2N12O7. The van der Waals surface area contributed by atoms with Gasteiger partial charge in [0.2, 0.25) is 23.6 Å². The molecule has 2 aliphatic rings. The van der Waals surface area contributed by atoms with Crippen molar-refractivity contribution in [3.8, 4) is 22.5 Å². The third-order valence-corrected chi connectivity index (χ3v) is 16.4. The first-order chi connectivity index (χ1) is 38.7. The highest BCUT2D eigenvalue weighted by Gasteiger charge is 2.36. The van der Waals surface area contributed by atoms with Gasteiger partial charge >= 0.3 is 0 Å². The molecule has 1 fully saturated rings. The van der Waals surface area contributed by atoms with Crippen LogP contribution in [0.1, 0.15) is 106 Å². The van der Waals surface area contributed by atoms with Crippen LogP contribution in [-0.2, 0) is 58.8 Å². The van der Waals surface area contributed by atoms with Crippen molar-refractivity contribution in [2.24, 2.45) is 7.05 Å². The molecule has 21 heteroatoms. The number of carbonyl (C=O) groups excluding carboxylic acids is 4. The minimum atomic E-state index is -1.15. The lowest BCUT2D eigenvalue weighted by Crippen LogP contribution is -2.49. The molecule has 1 atom stereocenters. The number of fused-ring (bicyclic) bond motifs is 4. The van der Waals surface area contributed by atoms with E-state index in [1.165, 1.54) is 10.9 Å².